The lowest BCUT2D eigenvalue weighted by Crippen LogP contribution is -1.98. The van der Waals surface area contributed by atoms with Gasteiger partial charge in [-0.2, -0.15) is 10.5 Å². The van der Waals surface area contributed by atoms with Gasteiger partial charge in [0.1, 0.15) is 0 Å². The number of hydrogen-bond acceptors (Lipinski definition) is 2. The van der Waals surface area contributed by atoms with Crippen LogP contribution in [0.2, 0.25) is 0 Å². The molecule has 0 spiro atoms. The van der Waals surface area contributed by atoms with Crippen molar-refractivity contribution in [3.8, 4) is 12.1 Å². The maximum absolute atomic E-state index is 9.26. The van der Waals surface area contributed by atoms with Crippen LogP contribution in [0, 0.1) is 35.8 Å². The van der Waals surface area contributed by atoms with Gasteiger partial charge in [0.25, 0.3) is 0 Å². The summed E-state index contributed by atoms with van der Waals surface area (Å²) in [5, 5.41) is 18.5. The average Bonchev–Trinajstić information content (AvgIpc) is 2.92. The number of nitriles is 2. The topological polar surface area (TPSA) is 56.3 Å². The van der Waals surface area contributed by atoms with Crippen LogP contribution >= 0.6 is 0 Å². The highest BCUT2D eigenvalue weighted by Gasteiger charge is 2.17. The molecule has 0 bridgehead atoms. The Bertz CT molecular complexity index is 1290. The number of rotatable bonds is 4. The standard InChI is InChI=1S/C30H16N4/c1-33-27-15-11-25(12-16-27)30(26-13-17-28(34-2)18-14-26)29(23-7-3-21(19-31)4-8-23)24-9-5-22(20-32)6-10-24/h3-18H. The van der Waals surface area contributed by atoms with Gasteiger partial charge in [-0.25, -0.2) is 9.69 Å². The third-order valence-electron chi connectivity index (χ3n) is 5.43. The summed E-state index contributed by atoms with van der Waals surface area (Å²) >= 11 is 0. The summed E-state index contributed by atoms with van der Waals surface area (Å²) in [6.45, 7) is 14.6. The first-order chi connectivity index (χ1) is 16.7. The molecule has 0 saturated carbocycles. The SMILES string of the molecule is [C-]#[N+]c1ccc(C(=C(c2ccc(C#N)cc2)c2ccc(C#N)cc2)c2ccc([N+]#[C-])cc2)cc1. The highest BCUT2D eigenvalue weighted by molar-refractivity contribution is 6.04. The molecule has 0 saturated heterocycles. The molecule has 156 valence electrons. The fourth-order valence-electron chi connectivity index (χ4n) is 3.74. The predicted octanol–water partition coefficient (Wildman–Crippen LogP) is 7.54. The molecule has 0 aliphatic rings. The molecule has 0 aliphatic carbocycles. The Labute approximate surface area is 198 Å². The van der Waals surface area contributed by atoms with Gasteiger partial charge in [0.2, 0.25) is 0 Å². The van der Waals surface area contributed by atoms with Crippen LogP contribution in [0.3, 0.4) is 0 Å². The predicted molar refractivity (Wildman–Crippen MR) is 133 cm³/mol. The molecule has 4 nitrogen and oxygen atoms in total. The Morgan fingerprint density at radius 3 is 0.971 bits per heavy atom. The van der Waals surface area contributed by atoms with Gasteiger partial charge in [0, 0.05) is 0 Å². The quantitative estimate of drug-likeness (QED) is 0.247. The second-order valence-electron chi connectivity index (χ2n) is 7.45. The first-order valence-corrected chi connectivity index (χ1v) is 10.4. The molecule has 0 N–H and O–H groups in total. The molecule has 4 aromatic rings. The maximum atomic E-state index is 9.26. The minimum absolute atomic E-state index is 0.546. The van der Waals surface area contributed by atoms with Gasteiger partial charge in [-0.3, -0.25) is 0 Å². The van der Waals surface area contributed by atoms with E-state index in [4.69, 9.17) is 13.1 Å². The van der Waals surface area contributed by atoms with E-state index >= 15 is 0 Å². The van der Waals surface area contributed by atoms with Crippen molar-refractivity contribution in [2.24, 2.45) is 0 Å². The fraction of sp³-hybridized carbons (Fsp3) is 0. The molecule has 34 heavy (non-hydrogen) atoms. The monoisotopic (exact) mass is 432 g/mol. The molecule has 0 aliphatic heterocycles. The fourth-order valence-corrected chi connectivity index (χ4v) is 3.74. The summed E-state index contributed by atoms with van der Waals surface area (Å²) in [6, 6.07) is 33.9. The summed E-state index contributed by atoms with van der Waals surface area (Å²) < 4.78 is 0. The van der Waals surface area contributed by atoms with Crippen LogP contribution in [0.5, 0.6) is 0 Å². The first-order valence-electron chi connectivity index (χ1n) is 10.4. The molecule has 0 amide bonds. The van der Waals surface area contributed by atoms with Gasteiger partial charge in [0.05, 0.1) is 36.4 Å². The summed E-state index contributed by atoms with van der Waals surface area (Å²) in [6.07, 6.45) is 0. The largest absolute Gasteiger partial charge is 0.238 e. The molecule has 0 aromatic heterocycles. The zero-order valence-electron chi connectivity index (χ0n) is 18.0. The van der Waals surface area contributed by atoms with Gasteiger partial charge in [-0.15, -0.1) is 0 Å². The third kappa shape index (κ3) is 4.44. The van der Waals surface area contributed by atoms with Crippen LogP contribution in [-0.2, 0) is 0 Å². The van der Waals surface area contributed by atoms with Crippen LogP contribution in [0.1, 0.15) is 33.4 Å². The van der Waals surface area contributed by atoms with Crippen LogP contribution in [-0.4, -0.2) is 0 Å². The van der Waals surface area contributed by atoms with Crippen molar-refractivity contribution < 1.29 is 0 Å². The molecule has 4 aromatic carbocycles. The van der Waals surface area contributed by atoms with Crippen molar-refractivity contribution in [2.45, 2.75) is 0 Å². The van der Waals surface area contributed by atoms with E-state index in [0.29, 0.717) is 22.5 Å². The van der Waals surface area contributed by atoms with Gasteiger partial charge >= 0.3 is 0 Å². The zero-order valence-corrected chi connectivity index (χ0v) is 18.0. The minimum Gasteiger partial charge on any atom is -0.238 e. The van der Waals surface area contributed by atoms with E-state index in [1.165, 1.54) is 0 Å². The van der Waals surface area contributed by atoms with Crippen LogP contribution in [0.25, 0.3) is 20.8 Å². The normalized spacial score (nSPS) is 9.65. The Hall–Kier alpha value is -5.42. The molecular formula is C30H16N4. The first kappa shape index (κ1) is 21.8. The van der Waals surface area contributed by atoms with Crippen molar-refractivity contribution in [3.63, 3.8) is 0 Å². The van der Waals surface area contributed by atoms with Crippen molar-refractivity contribution >= 4 is 22.5 Å². The molecule has 0 heterocycles. The summed E-state index contributed by atoms with van der Waals surface area (Å²) in [5.41, 5.74) is 7.68. The summed E-state index contributed by atoms with van der Waals surface area (Å²) in [5.74, 6) is 0. The molecule has 0 unspecified atom stereocenters. The second-order valence-corrected chi connectivity index (χ2v) is 7.45. The van der Waals surface area contributed by atoms with E-state index in [0.717, 1.165) is 33.4 Å². The van der Waals surface area contributed by atoms with Crippen LogP contribution in [0.15, 0.2) is 97.1 Å². The Kier molecular flexibility index (Phi) is 6.29. The van der Waals surface area contributed by atoms with E-state index in [1.807, 2.05) is 48.5 Å². The highest BCUT2D eigenvalue weighted by Crippen LogP contribution is 2.38. The summed E-state index contributed by atoms with van der Waals surface area (Å²) in [7, 11) is 0. The van der Waals surface area contributed by atoms with E-state index in [2.05, 4.69) is 21.8 Å². The van der Waals surface area contributed by atoms with Gasteiger partial charge < -0.3 is 0 Å². The average molecular weight is 432 g/mol. The molecule has 4 heteroatoms. The number of nitrogens with zero attached hydrogens (tertiary/aromatic N) is 4. The molecule has 0 radical (unpaired) electrons. The third-order valence-corrected chi connectivity index (χ3v) is 5.43. The Balaban J connectivity index is 2.08. The van der Waals surface area contributed by atoms with E-state index in [-0.39, 0.29) is 0 Å². The van der Waals surface area contributed by atoms with Crippen molar-refractivity contribution in [2.75, 3.05) is 0 Å². The van der Waals surface area contributed by atoms with Crippen molar-refractivity contribution in [1.82, 2.24) is 0 Å². The van der Waals surface area contributed by atoms with Crippen LogP contribution < -0.4 is 0 Å². The van der Waals surface area contributed by atoms with E-state index in [1.54, 1.807) is 48.5 Å². The van der Waals surface area contributed by atoms with Crippen molar-refractivity contribution in [3.05, 3.63) is 153 Å². The lowest BCUT2D eigenvalue weighted by Gasteiger charge is -2.18. The smallest absolute Gasteiger partial charge is 0.187 e. The Morgan fingerprint density at radius 1 is 0.471 bits per heavy atom. The zero-order chi connectivity index (χ0) is 23.9. The molecule has 0 fully saturated rings. The van der Waals surface area contributed by atoms with E-state index in [9.17, 15) is 10.5 Å². The summed E-state index contributed by atoms with van der Waals surface area (Å²) in [4.78, 5) is 7.01. The van der Waals surface area contributed by atoms with E-state index < -0.39 is 0 Å². The molecule has 0 atom stereocenters. The Morgan fingerprint density at radius 2 is 0.735 bits per heavy atom. The second kappa shape index (κ2) is 9.80. The lowest BCUT2D eigenvalue weighted by atomic mass is 9.85. The molecular weight excluding hydrogens is 416 g/mol. The van der Waals surface area contributed by atoms with Crippen molar-refractivity contribution in [1.29, 1.82) is 10.5 Å². The number of benzene rings is 4. The molecule has 4 rings (SSSR count). The van der Waals surface area contributed by atoms with Gasteiger partial charge in [-0.05, 0) is 57.7 Å². The lowest BCUT2D eigenvalue weighted by molar-refractivity contribution is 1.45. The highest BCUT2D eigenvalue weighted by atomic mass is 14.6. The number of hydrogen-bond donors (Lipinski definition) is 0. The minimum atomic E-state index is 0.546. The van der Waals surface area contributed by atoms with Gasteiger partial charge in [-0.1, -0.05) is 72.8 Å². The van der Waals surface area contributed by atoms with Gasteiger partial charge in [0.15, 0.2) is 11.4 Å². The van der Waals surface area contributed by atoms with Crippen LogP contribution in [0.4, 0.5) is 11.4 Å². The maximum Gasteiger partial charge on any atom is 0.187 e.